The van der Waals surface area contributed by atoms with E-state index in [-0.39, 0.29) is 23.6 Å². The van der Waals surface area contributed by atoms with Crippen LogP contribution in [0.15, 0.2) is 45.3 Å². The van der Waals surface area contributed by atoms with E-state index in [1.807, 2.05) is 0 Å². The number of fused-ring (bicyclic) bond motifs is 4. The summed E-state index contributed by atoms with van der Waals surface area (Å²) in [6, 6.07) is 6.54. The molecule has 2 aromatic rings. The second kappa shape index (κ2) is 5.59. The zero-order chi connectivity index (χ0) is 19.3. The number of amides is 1. The molecule has 10 heteroatoms. The molecule has 2 aliphatic rings. The van der Waals surface area contributed by atoms with Crippen molar-refractivity contribution in [1.29, 1.82) is 0 Å². The maximum atomic E-state index is 13.2. The molecule has 0 saturated carbocycles. The Morgan fingerprint density at radius 2 is 1.96 bits per heavy atom. The topological polar surface area (TPSA) is 156 Å². The van der Waals surface area contributed by atoms with Crippen LogP contribution in [0.1, 0.15) is 18.1 Å². The number of H-pyrrole nitrogens is 2. The molecule has 138 valence electrons. The van der Waals surface area contributed by atoms with Crippen LogP contribution in [0.4, 0.5) is 5.69 Å². The van der Waals surface area contributed by atoms with Crippen LogP contribution in [0.5, 0.6) is 5.88 Å². The van der Waals surface area contributed by atoms with Crippen LogP contribution in [-0.4, -0.2) is 28.5 Å². The van der Waals surface area contributed by atoms with E-state index >= 15 is 0 Å². The smallest absolute Gasteiger partial charge is 0.341 e. The molecule has 2 aliphatic heterocycles. The molecular formula is C17H14N4O6. The highest BCUT2D eigenvalue weighted by Gasteiger charge is 2.60. The van der Waals surface area contributed by atoms with E-state index in [0.717, 1.165) is 0 Å². The molecule has 0 aliphatic carbocycles. The molecule has 5 N–H and O–H groups in total. The lowest BCUT2D eigenvalue weighted by Gasteiger charge is -2.33. The number of carbonyl (C=O) groups excluding carboxylic acids is 2. The average molecular weight is 370 g/mol. The quantitative estimate of drug-likeness (QED) is 0.516. The molecule has 0 saturated heterocycles. The number of benzene rings is 1. The Labute approximate surface area is 151 Å². The van der Waals surface area contributed by atoms with E-state index in [2.05, 4.69) is 15.3 Å². The number of aromatic nitrogens is 2. The molecule has 1 unspecified atom stereocenters. The fourth-order valence-electron chi connectivity index (χ4n) is 3.56. The molecule has 0 fully saturated rings. The molecule has 4 rings (SSSR count). The maximum absolute atomic E-state index is 13.2. The summed E-state index contributed by atoms with van der Waals surface area (Å²) in [5.41, 5.74) is 2.45. The fourth-order valence-corrected chi connectivity index (χ4v) is 3.56. The largest absolute Gasteiger partial charge is 0.462 e. The molecule has 27 heavy (non-hydrogen) atoms. The molecule has 3 heterocycles. The Hall–Kier alpha value is -3.82. The van der Waals surface area contributed by atoms with Gasteiger partial charge in [-0.3, -0.25) is 19.6 Å². The van der Waals surface area contributed by atoms with Gasteiger partial charge in [-0.1, -0.05) is 18.2 Å². The van der Waals surface area contributed by atoms with E-state index in [1.54, 1.807) is 31.2 Å². The number of nitrogens with one attached hydrogen (secondary N) is 3. The van der Waals surface area contributed by atoms with Gasteiger partial charge in [-0.05, 0) is 13.0 Å². The van der Waals surface area contributed by atoms with Gasteiger partial charge >= 0.3 is 11.7 Å². The summed E-state index contributed by atoms with van der Waals surface area (Å²) < 4.78 is 10.4. The third kappa shape index (κ3) is 2.06. The van der Waals surface area contributed by atoms with Gasteiger partial charge in [0, 0.05) is 11.3 Å². The van der Waals surface area contributed by atoms with Crippen molar-refractivity contribution < 1.29 is 19.1 Å². The van der Waals surface area contributed by atoms with E-state index in [0.29, 0.717) is 11.3 Å². The fraction of sp³-hybridized carbons (Fsp3) is 0.176. The van der Waals surface area contributed by atoms with E-state index in [1.165, 1.54) is 0 Å². The molecule has 1 spiro atoms. The molecule has 1 amide bonds. The molecule has 0 radical (unpaired) electrons. The number of hydrogen-bond donors (Lipinski definition) is 4. The molecule has 1 atom stereocenters. The number of ether oxygens (including phenoxy) is 2. The SMILES string of the molecule is CCOC(=O)C1=C(N)Oc2[nH]c(=O)[nH]c(=O)c2C12C(=O)Nc1ccccc12. The lowest BCUT2D eigenvalue weighted by Crippen LogP contribution is -2.50. The second-order valence-electron chi connectivity index (χ2n) is 5.92. The zero-order valence-corrected chi connectivity index (χ0v) is 14.0. The van der Waals surface area contributed by atoms with Crippen molar-refractivity contribution in [2.24, 2.45) is 5.73 Å². The van der Waals surface area contributed by atoms with Crippen LogP contribution in [-0.2, 0) is 19.7 Å². The van der Waals surface area contributed by atoms with Crippen LogP contribution in [0.25, 0.3) is 0 Å². The summed E-state index contributed by atoms with van der Waals surface area (Å²) in [6.45, 7) is 1.61. The lowest BCUT2D eigenvalue weighted by molar-refractivity contribution is -0.140. The third-order valence-corrected chi connectivity index (χ3v) is 4.52. The Morgan fingerprint density at radius 1 is 1.22 bits per heavy atom. The number of anilines is 1. The highest BCUT2D eigenvalue weighted by Crippen LogP contribution is 2.51. The lowest BCUT2D eigenvalue weighted by atomic mass is 9.69. The zero-order valence-electron chi connectivity index (χ0n) is 14.0. The minimum absolute atomic E-state index is 0.0177. The van der Waals surface area contributed by atoms with Crippen LogP contribution in [0.3, 0.4) is 0 Å². The summed E-state index contributed by atoms with van der Waals surface area (Å²) in [6.07, 6.45) is 0. The summed E-state index contributed by atoms with van der Waals surface area (Å²) in [4.78, 5) is 54.6. The Kier molecular flexibility index (Phi) is 3.45. The molecule has 0 bridgehead atoms. The number of rotatable bonds is 2. The Balaban J connectivity index is 2.17. The van der Waals surface area contributed by atoms with Crippen molar-refractivity contribution >= 4 is 17.6 Å². The van der Waals surface area contributed by atoms with E-state index in [9.17, 15) is 19.2 Å². The molecular weight excluding hydrogens is 356 g/mol. The summed E-state index contributed by atoms with van der Waals surface area (Å²) in [7, 11) is 0. The van der Waals surface area contributed by atoms with Gasteiger partial charge in [-0.15, -0.1) is 0 Å². The molecule has 1 aromatic carbocycles. The van der Waals surface area contributed by atoms with Crippen molar-refractivity contribution in [3.63, 3.8) is 0 Å². The first-order valence-corrected chi connectivity index (χ1v) is 8.04. The number of aromatic amines is 2. The highest BCUT2D eigenvalue weighted by atomic mass is 16.5. The predicted octanol–water partition coefficient (Wildman–Crippen LogP) is -0.573. The predicted molar refractivity (Wildman–Crippen MR) is 92.0 cm³/mol. The van der Waals surface area contributed by atoms with E-state index in [4.69, 9.17) is 15.2 Å². The first kappa shape index (κ1) is 16.6. The first-order chi connectivity index (χ1) is 12.9. The van der Waals surface area contributed by atoms with Crippen molar-refractivity contribution in [1.82, 2.24) is 9.97 Å². The van der Waals surface area contributed by atoms with Crippen molar-refractivity contribution in [2.45, 2.75) is 12.3 Å². The van der Waals surface area contributed by atoms with Gasteiger partial charge in [-0.25, -0.2) is 9.59 Å². The first-order valence-electron chi connectivity index (χ1n) is 8.04. The van der Waals surface area contributed by atoms with Gasteiger partial charge in [0.15, 0.2) is 0 Å². The Bertz CT molecular complexity index is 1140. The third-order valence-electron chi connectivity index (χ3n) is 4.52. The van der Waals surface area contributed by atoms with Gasteiger partial charge in [0.25, 0.3) is 5.56 Å². The average Bonchev–Trinajstić information content (AvgIpc) is 2.87. The van der Waals surface area contributed by atoms with Crippen LogP contribution >= 0.6 is 0 Å². The maximum Gasteiger partial charge on any atom is 0.341 e. The number of para-hydroxylation sites is 1. The van der Waals surface area contributed by atoms with Crippen LogP contribution < -0.4 is 27.0 Å². The molecule has 1 aromatic heterocycles. The number of nitrogens with two attached hydrogens (primary N) is 1. The number of carbonyl (C=O) groups is 2. The van der Waals surface area contributed by atoms with Gasteiger partial charge < -0.3 is 20.5 Å². The second-order valence-corrected chi connectivity index (χ2v) is 5.92. The van der Waals surface area contributed by atoms with Crippen LogP contribution in [0.2, 0.25) is 0 Å². The highest BCUT2D eigenvalue weighted by molar-refractivity contribution is 6.17. The van der Waals surface area contributed by atoms with Crippen molar-refractivity contribution in [2.75, 3.05) is 11.9 Å². The van der Waals surface area contributed by atoms with Crippen LogP contribution in [0, 0.1) is 0 Å². The van der Waals surface area contributed by atoms with Gasteiger partial charge in [0.05, 0.1) is 6.61 Å². The Morgan fingerprint density at radius 3 is 2.70 bits per heavy atom. The van der Waals surface area contributed by atoms with Gasteiger partial charge in [-0.2, -0.15) is 0 Å². The standard InChI is InChI=1S/C17H14N4O6/c1-2-26-14(23)9-11(18)27-13-10(12(22)20-16(25)21-13)17(9)7-5-3-4-6-8(7)19-15(17)24/h3-6H,2,18H2,1H3,(H,19,24)(H2,20,21,22,25). The van der Waals surface area contributed by atoms with Gasteiger partial charge in [0.2, 0.25) is 17.7 Å². The summed E-state index contributed by atoms with van der Waals surface area (Å²) in [5, 5.41) is 2.65. The van der Waals surface area contributed by atoms with E-state index < -0.39 is 34.4 Å². The van der Waals surface area contributed by atoms with Crippen molar-refractivity contribution in [3.05, 3.63) is 67.7 Å². The van der Waals surface area contributed by atoms with Crippen molar-refractivity contribution in [3.8, 4) is 5.88 Å². The van der Waals surface area contributed by atoms with Gasteiger partial charge in [0.1, 0.15) is 16.6 Å². The summed E-state index contributed by atoms with van der Waals surface area (Å²) in [5.74, 6) is -2.33. The summed E-state index contributed by atoms with van der Waals surface area (Å²) >= 11 is 0. The number of esters is 1. The minimum atomic E-state index is -1.92. The minimum Gasteiger partial charge on any atom is -0.462 e. The normalized spacial score (nSPS) is 20.0. The number of hydrogen-bond acceptors (Lipinski definition) is 7. The molecule has 10 nitrogen and oxygen atoms in total. The monoisotopic (exact) mass is 370 g/mol.